The van der Waals surface area contributed by atoms with Crippen molar-refractivity contribution in [2.75, 3.05) is 31.6 Å². The zero-order valence-corrected chi connectivity index (χ0v) is 11.6. The molecular weight excluding hydrogens is 240 g/mol. The number of hydrogen-bond donors (Lipinski definition) is 2. The van der Waals surface area contributed by atoms with Crippen LogP contribution in [0.4, 0.5) is 5.69 Å². The van der Waals surface area contributed by atoms with Crippen LogP contribution in [0.5, 0.6) is 0 Å². The average molecular weight is 262 g/mol. The van der Waals surface area contributed by atoms with Crippen LogP contribution in [0.15, 0.2) is 18.2 Å². The van der Waals surface area contributed by atoms with Crippen LogP contribution >= 0.6 is 0 Å². The summed E-state index contributed by atoms with van der Waals surface area (Å²) in [5.74, 6) is 0.345. The SMILES string of the molecule is Cc1cc(C)cc(NC(=O)CN2CCC(CO)C2)c1. The molecule has 1 saturated heterocycles. The smallest absolute Gasteiger partial charge is 0.238 e. The number of aryl methyl sites for hydroxylation is 2. The second-order valence-corrected chi connectivity index (χ2v) is 5.50. The summed E-state index contributed by atoms with van der Waals surface area (Å²) in [6.45, 7) is 6.38. The van der Waals surface area contributed by atoms with Crippen LogP contribution in [0.1, 0.15) is 17.5 Å². The van der Waals surface area contributed by atoms with Crippen LogP contribution in [-0.2, 0) is 4.79 Å². The summed E-state index contributed by atoms with van der Waals surface area (Å²) in [5.41, 5.74) is 3.16. The topological polar surface area (TPSA) is 52.6 Å². The molecule has 0 bridgehead atoms. The number of hydrogen-bond acceptors (Lipinski definition) is 3. The molecule has 4 nitrogen and oxygen atoms in total. The van der Waals surface area contributed by atoms with Gasteiger partial charge in [0, 0.05) is 18.8 Å². The lowest BCUT2D eigenvalue weighted by Crippen LogP contribution is -2.31. The molecule has 1 aliphatic rings. The number of anilines is 1. The first-order valence-corrected chi connectivity index (χ1v) is 6.78. The Kier molecular flexibility index (Phi) is 4.56. The third kappa shape index (κ3) is 4.04. The molecule has 4 heteroatoms. The molecule has 1 heterocycles. The van der Waals surface area contributed by atoms with Crippen molar-refractivity contribution < 1.29 is 9.90 Å². The molecule has 1 aromatic carbocycles. The van der Waals surface area contributed by atoms with Gasteiger partial charge in [0.15, 0.2) is 0 Å². The van der Waals surface area contributed by atoms with Crippen LogP contribution in [-0.4, -0.2) is 42.2 Å². The van der Waals surface area contributed by atoms with Gasteiger partial charge in [0.25, 0.3) is 0 Å². The van der Waals surface area contributed by atoms with Gasteiger partial charge in [-0.2, -0.15) is 0 Å². The maximum Gasteiger partial charge on any atom is 0.238 e. The molecule has 104 valence electrons. The van der Waals surface area contributed by atoms with Gasteiger partial charge in [0.05, 0.1) is 6.54 Å². The minimum Gasteiger partial charge on any atom is -0.396 e. The van der Waals surface area contributed by atoms with E-state index in [1.165, 1.54) is 0 Å². The van der Waals surface area contributed by atoms with Gasteiger partial charge in [-0.05, 0) is 56.0 Å². The van der Waals surface area contributed by atoms with Crippen LogP contribution in [0, 0.1) is 19.8 Å². The van der Waals surface area contributed by atoms with Crippen molar-refractivity contribution in [1.82, 2.24) is 4.90 Å². The predicted molar refractivity (Wildman–Crippen MR) is 76.2 cm³/mol. The maximum absolute atomic E-state index is 12.0. The van der Waals surface area contributed by atoms with Crippen molar-refractivity contribution in [3.63, 3.8) is 0 Å². The normalized spacial score (nSPS) is 19.6. The Morgan fingerprint density at radius 3 is 2.63 bits per heavy atom. The number of aliphatic hydroxyl groups is 1. The molecule has 1 aliphatic heterocycles. The molecule has 2 rings (SSSR count). The highest BCUT2D eigenvalue weighted by atomic mass is 16.3. The first kappa shape index (κ1) is 14.0. The van der Waals surface area contributed by atoms with E-state index < -0.39 is 0 Å². The molecule has 1 aromatic rings. The Labute approximate surface area is 114 Å². The van der Waals surface area contributed by atoms with E-state index in [1.807, 2.05) is 26.0 Å². The van der Waals surface area contributed by atoms with Gasteiger partial charge in [0.2, 0.25) is 5.91 Å². The minimum absolute atomic E-state index is 0.0172. The van der Waals surface area contributed by atoms with Gasteiger partial charge in [-0.1, -0.05) is 6.07 Å². The van der Waals surface area contributed by atoms with Gasteiger partial charge >= 0.3 is 0 Å². The van der Waals surface area contributed by atoms with Gasteiger partial charge in [-0.3, -0.25) is 9.69 Å². The van der Waals surface area contributed by atoms with Crippen molar-refractivity contribution in [2.24, 2.45) is 5.92 Å². The fourth-order valence-electron chi connectivity index (χ4n) is 2.66. The number of carbonyl (C=O) groups excluding carboxylic acids is 1. The van der Waals surface area contributed by atoms with E-state index in [4.69, 9.17) is 5.11 Å². The highest BCUT2D eigenvalue weighted by Crippen LogP contribution is 2.16. The summed E-state index contributed by atoms with van der Waals surface area (Å²) >= 11 is 0. The third-order valence-corrected chi connectivity index (χ3v) is 3.50. The number of likely N-dealkylation sites (tertiary alicyclic amines) is 1. The lowest BCUT2D eigenvalue weighted by atomic mass is 10.1. The Hall–Kier alpha value is -1.39. The Bertz CT molecular complexity index is 439. The first-order valence-electron chi connectivity index (χ1n) is 6.78. The molecule has 0 spiro atoms. The van der Waals surface area contributed by atoms with E-state index in [1.54, 1.807) is 0 Å². The van der Waals surface area contributed by atoms with E-state index in [0.717, 1.165) is 36.3 Å². The molecule has 0 saturated carbocycles. The van der Waals surface area contributed by atoms with Crippen LogP contribution in [0.2, 0.25) is 0 Å². The number of rotatable bonds is 4. The van der Waals surface area contributed by atoms with Crippen molar-refractivity contribution in [2.45, 2.75) is 20.3 Å². The summed E-state index contributed by atoms with van der Waals surface area (Å²) in [5, 5.41) is 12.0. The molecule has 2 N–H and O–H groups in total. The molecule has 0 radical (unpaired) electrons. The standard InChI is InChI=1S/C15H22N2O2/c1-11-5-12(2)7-14(6-11)16-15(19)9-17-4-3-13(8-17)10-18/h5-7,13,18H,3-4,8-10H2,1-2H3,(H,16,19). The third-order valence-electron chi connectivity index (χ3n) is 3.50. The number of amides is 1. The molecule has 19 heavy (non-hydrogen) atoms. The Balaban J connectivity index is 1.87. The van der Waals surface area contributed by atoms with Gasteiger partial charge < -0.3 is 10.4 Å². The summed E-state index contributed by atoms with van der Waals surface area (Å²) in [6.07, 6.45) is 0.979. The lowest BCUT2D eigenvalue weighted by molar-refractivity contribution is -0.117. The van der Waals surface area contributed by atoms with Gasteiger partial charge in [0.1, 0.15) is 0 Å². The van der Waals surface area contributed by atoms with E-state index in [9.17, 15) is 4.79 Å². The summed E-state index contributed by atoms with van der Waals surface area (Å²) in [7, 11) is 0. The highest BCUT2D eigenvalue weighted by molar-refractivity contribution is 5.92. The Morgan fingerprint density at radius 2 is 2.05 bits per heavy atom. The Morgan fingerprint density at radius 1 is 1.37 bits per heavy atom. The number of benzene rings is 1. The van der Waals surface area contributed by atoms with Gasteiger partial charge in [-0.15, -0.1) is 0 Å². The second kappa shape index (κ2) is 6.17. The van der Waals surface area contributed by atoms with E-state index in [0.29, 0.717) is 12.5 Å². The maximum atomic E-state index is 12.0. The highest BCUT2D eigenvalue weighted by Gasteiger charge is 2.23. The fraction of sp³-hybridized carbons (Fsp3) is 0.533. The zero-order chi connectivity index (χ0) is 13.8. The van der Waals surface area contributed by atoms with E-state index in [-0.39, 0.29) is 12.5 Å². The predicted octanol–water partition coefficient (Wildman–Crippen LogP) is 1.56. The summed E-state index contributed by atoms with van der Waals surface area (Å²) < 4.78 is 0. The average Bonchev–Trinajstić information content (AvgIpc) is 2.74. The molecule has 1 fully saturated rings. The molecule has 1 atom stereocenters. The fourth-order valence-corrected chi connectivity index (χ4v) is 2.66. The van der Waals surface area contributed by atoms with Crippen LogP contribution in [0.25, 0.3) is 0 Å². The monoisotopic (exact) mass is 262 g/mol. The zero-order valence-electron chi connectivity index (χ0n) is 11.6. The molecular formula is C15H22N2O2. The summed E-state index contributed by atoms with van der Waals surface area (Å²) in [6, 6.07) is 6.04. The molecule has 0 aromatic heterocycles. The van der Waals surface area contributed by atoms with Crippen molar-refractivity contribution >= 4 is 11.6 Å². The molecule has 1 amide bonds. The lowest BCUT2D eigenvalue weighted by Gasteiger charge is -2.15. The summed E-state index contributed by atoms with van der Waals surface area (Å²) in [4.78, 5) is 14.1. The van der Waals surface area contributed by atoms with Crippen LogP contribution in [0.3, 0.4) is 0 Å². The van der Waals surface area contributed by atoms with Gasteiger partial charge in [-0.25, -0.2) is 0 Å². The largest absolute Gasteiger partial charge is 0.396 e. The number of aliphatic hydroxyl groups excluding tert-OH is 1. The van der Waals surface area contributed by atoms with Crippen molar-refractivity contribution in [3.8, 4) is 0 Å². The minimum atomic E-state index is 0.0172. The quantitative estimate of drug-likeness (QED) is 0.865. The van der Waals surface area contributed by atoms with E-state index >= 15 is 0 Å². The first-order chi connectivity index (χ1) is 9.06. The number of nitrogens with zero attached hydrogens (tertiary/aromatic N) is 1. The molecule has 1 unspecified atom stereocenters. The van der Waals surface area contributed by atoms with E-state index in [2.05, 4.69) is 16.3 Å². The number of carbonyl (C=O) groups is 1. The van der Waals surface area contributed by atoms with Crippen LogP contribution < -0.4 is 5.32 Å². The number of nitrogens with one attached hydrogen (secondary N) is 1. The second-order valence-electron chi connectivity index (χ2n) is 5.50. The van der Waals surface area contributed by atoms with Crippen molar-refractivity contribution in [3.05, 3.63) is 29.3 Å². The van der Waals surface area contributed by atoms with Crippen molar-refractivity contribution in [1.29, 1.82) is 0 Å². The molecule has 0 aliphatic carbocycles.